The molecule has 0 spiro atoms. The summed E-state index contributed by atoms with van der Waals surface area (Å²) in [7, 11) is 1.46. The van der Waals surface area contributed by atoms with Gasteiger partial charge in [-0.15, -0.1) is 10.2 Å². The fourth-order valence-corrected chi connectivity index (χ4v) is 2.74. The number of carbonyl (C=O) groups excluding carboxylic acids is 1. The number of piperidine rings is 1. The van der Waals surface area contributed by atoms with E-state index in [9.17, 15) is 9.18 Å². The molecule has 1 unspecified atom stereocenters. The maximum absolute atomic E-state index is 14.1. The number of rotatable bonds is 4. The summed E-state index contributed by atoms with van der Waals surface area (Å²) in [4.78, 5) is 12.2. The zero-order chi connectivity index (χ0) is 16.9. The van der Waals surface area contributed by atoms with Crippen LogP contribution in [0.2, 0.25) is 0 Å². The molecule has 2 aromatic rings. The molecular formula is C17H19FN4O2. The molecule has 1 atom stereocenters. The molecule has 0 radical (unpaired) electrons. The molecule has 24 heavy (non-hydrogen) atoms. The molecule has 2 N–H and O–H groups in total. The van der Waals surface area contributed by atoms with Crippen molar-refractivity contribution < 1.29 is 13.9 Å². The predicted molar refractivity (Wildman–Crippen MR) is 87.3 cm³/mol. The van der Waals surface area contributed by atoms with E-state index >= 15 is 0 Å². The summed E-state index contributed by atoms with van der Waals surface area (Å²) in [6.45, 7) is 1.73. The number of benzene rings is 1. The Bertz CT molecular complexity index is 715. The minimum atomic E-state index is -0.450. The van der Waals surface area contributed by atoms with E-state index < -0.39 is 5.82 Å². The Morgan fingerprint density at radius 3 is 2.88 bits per heavy atom. The van der Waals surface area contributed by atoms with Crippen molar-refractivity contribution in [1.29, 1.82) is 0 Å². The number of aromatic nitrogens is 2. The molecule has 0 bridgehead atoms. The molecule has 1 saturated heterocycles. The van der Waals surface area contributed by atoms with Gasteiger partial charge in [-0.1, -0.05) is 6.07 Å². The summed E-state index contributed by atoms with van der Waals surface area (Å²) in [5.41, 5.74) is 0.761. The maximum atomic E-state index is 14.1. The SMILES string of the molecule is COc1cccc(F)c1-c1ccc(C(=O)NC2CCCNC2)nn1. The van der Waals surface area contributed by atoms with Gasteiger partial charge in [-0.2, -0.15) is 0 Å². The van der Waals surface area contributed by atoms with Crippen molar-refractivity contribution >= 4 is 5.91 Å². The molecule has 1 aromatic heterocycles. The number of carbonyl (C=O) groups is 1. The van der Waals surface area contributed by atoms with Crippen LogP contribution in [0.5, 0.6) is 5.75 Å². The third kappa shape index (κ3) is 3.51. The first-order chi connectivity index (χ1) is 11.7. The van der Waals surface area contributed by atoms with Gasteiger partial charge in [0, 0.05) is 12.6 Å². The van der Waals surface area contributed by atoms with E-state index in [0.29, 0.717) is 11.4 Å². The molecule has 126 valence electrons. The smallest absolute Gasteiger partial charge is 0.272 e. The average Bonchev–Trinajstić information content (AvgIpc) is 2.62. The number of ether oxygens (including phenoxy) is 1. The molecule has 1 aliphatic rings. The Hall–Kier alpha value is -2.54. The van der Waals surface area contributed by atoms with E-state index in [4.69, 9.17) is 4.74 Å². The molecule has 1 aromatic carbocycles. The summed E-state index contributed by atoms with van der Waals surface area (Å²) < 4.78 is 19.2. The van der Waals surface area contributed by atoms with E-state index in [-0.39, 0.29) is 23.2 Å². The van der Waals surface area contributed by atoms with Crippen molar-refractivity contribution in [3.8, 4) is 17.0 Å². The van der Waals surface area contributed by atoms with Gasteiger partial charge in [0.15, 0.2) is 5.69 Å². The summed E-state index contributed by atoms with van der Waals surface area (Å²) >= 11 is 0. The van der Waals surface area contributed by atoms with Crippen LogP contribution in [0.25, 0.3) is 11.3 Å². The average molecular weight is 330 g/mol. The van der Waals surface area contributed by atoms with E-state index in [1.807, 2.05) is 0 Å². The standard InChI is InChI=1S/C17H19FN4O2/c1-24-15-6-2-5-12(18)16(15)13-7-8-14(22-21-13)17(23)20-11-4-3-9-19-10-11/h2,5-8,11,19H,3-4,9-10H2,1H3,(H,20,23). The Balaban J connectivity index is 1.77. The van der Waals surface area contributed by atoms with Crippen LogP contribution < -0.4 is 15.4 Å². The summed E-state index contributed by atoms with van der Waals surface area (Å²) in [6, 6.07) is 7.75. The third-order valence-electron chi connectivity index (χ3n) is 3.98. The highest BCUT2D eigenvalue weighted by Crippen LogP contribution is 2.30. The lowest BCUT2D eigenvalue weighted by Crippen LogP contribution is -2.45. The zero-order valence-corrected chi connectivity index (χ0v) is 13.4. The van der Waals surface area contributed by atoms with Crippen LogP contribution in [0, 0.1) is 5.82 Å². The van der Waals surface area contributed by atoms with Crippen LogP contribution in [-0.2, 0) is 0 Å². The van der Waals surface area contributed by atoms with Crippen molar-refractivity contribution in [2.24, 2.45) is 0 Å². The molecule has 2 heterocycles. The van der Waals surface area contributed by atoms with Crippen LogP contribution in [0.3, 0.4) is 0 Å². The van der Waals surface area contributed by atoms with Gasteiger partial charge in [-0.25, -0.2) is 4.39 Å². The lowest BCUT2D eigenvalue weighted by molar-refractivity contribution is 0.0924. The fourth-order valence-electron chi connectivity index (χ4n) is 2.74. The van der Waals surface area contributed by atoms with E-state index in [1.165, 1.54) is 13.2 Å². The van der Waals surface area contributed by atoms with Crippen molar-refractivity contribution in [2.45, 2.75) is 18.9 Å². The van der Waals surface area contributed by atoms with E-state index in [0.717, 1.165) is 25.9 Å². The number of amides is 1. The lowest BCUT2D eigenvalue weighted by atomic mass is 10.1. The molecule has 1 aliphatic heterocycles. The second kappa shape index (κ2) is 7.35. The van der Waals surface area contributed by atoms with Crippen molar-refractivity contribution in [1.82, 2.24) is 20.8 Å². The summed E-state index contributed by atoms with van der Waals surface area (Å²) in [5, 5.41) is 14.1. The minimum Gasteiger partial charge on any atom is -0.496 e. The first-order valence-electron chi connectivity index (χ1n) is 7.87. The van der Waals surface area contributed by atoms with Gasteiger partial charge < -0.3 is 15.4 Å². The fraction of sp³-hybridized carbons (Fsp3) is 0.353. The number of methoxy groups -OCH3 is 1. The number of hydrogen-bond donors (Lipinski definition) is 2. The van der Waals surface area contributed by atoms with Gasteiger partial charge >= 0.3 is 0 Å². The molecule has 6 nitrogen and oxygen atoms in total. The highest BCUT2D eigenvalue weighted by Gasteiger charge is 2.18. The van der Waals surface area contributed by atoms with Crippen LogP contribution in [-0.4, -0.2) is 42.3 Å². The van der Waals surface area contributed by atoms with E-state index in [1.54, 1.807) is 24.3 Å². The topological polar surface area (TPSA) is 76.1 Å². The Morgan fingerprint density at radius 1 is 1.33 bits per heavy atom. The molecule has 1 amide bonds. The van der Waals surface area contributed by atoms with Crippen LogP contribution in [0.4, 0.5) is 4.39 Å². The predicted octanol–water partition coefficient (Wildman–Crippen LogP) is 1.77. The summed E-state index contributed by atoms with van der Waals surface area (Å²) in [6.07, 6.45) is 1.97. The quantitative estimate of drug-likeness (QED) is 0.893. The Morgan fingerprint density at radius 2 is 2.21 bits per heavy atom. The van der Waals surface area contributed by atoms with Crippen LogP contribution in [0.15, 0.2) is 30.3 Å². The largest absolute Gasteiger partial charge is 0.496 e. The molecule has 7 heteroatoms. The van der Waals surface area contributed by atoms with Gasteiger partial charge in [0.25, 0.3) is 5.91 Å². The molecule has 3 rings (SSSR count). The number of hydrogen-bond acceptors (Lipinski definition) is 5. The monoisotopic (exact) mass is 330 g/mol. The van der Waals surface area contributed by atoms with Gasteiger partial charge in [-0.05, 0) is 43.7 Å². The second-order valence-electron chi connectivity index (χ2n) is 5.64. The summed E-state index contributed by atoms with van der Waals surface area (Å²) in [5.74, 6) is -0.354. The molecular weight excluding hydrogens is 311 g/mol. The lowest BCUT2D eigenvalue weighted by Gasteiger charge is -2.23. The Kier molecular flexibility index (Phi) is 5.00. The van der Waals surface area contributed by atoms with E-state index in [2.05, 4.69) is 20.8 Å². The first-order valence-corrected chi connectivity index (χ1v) is 7.87. The van der Waals surface area contributed by atoms with Gasteiger partial charge in [0.05, 0.1) is 18.4 Å². The molecule has 0 saturated carbocycles. The van der Waals surface area contributed by atoms with Gasteiger partial charge in [0.1, 0.15) is 11.6 Å². The van der Waals surface area contributed by atoms with Gasteiger partial charge in [-0.3, -0.25) is 4.79 Å². The van der Waals surface area contributed by atoms with Crippen molar-refractivity contribution in [2.75, 3.05) is 20.2 Å². The number of nitrogens with zero attached hydrogens (tertiary/aromatic N) is 2. The van der Waals surface area contributed by atoms with Crippen LogP contribution >= 0.6 is 0 Å². The number of nitrogens with one attached hydrogen (secondary N) is 2. The first kappa shape index (κ1) is 16.3. The second-order valence-corrected chi connectivity index (χ2v) is 5.64. The van der Waals surface area contributed by atoms with Crippen molar-refractivity contribution in [3.05, 3.63) is 41.8 Å². The van der Waals surface area contributed by atoms with Crippen LogP contribution in [0.1, 0.15) is 23.3 Å². The molecule has 1 fully saturated rings. The minimum absolute atomic E-state index is 0.0967. The normalized spacial score (nSPS) is 17.3. The van der Waals surface area contributed by atoms with Gasteiger partial charge in [0.2, 0.25) is 0 Å². The Labute approximate surface area is 139 Å². The number of halogens is 1. The zero-order valence-electron chi connectivity index (χ0n) is 13.4. The third-order valence-corrected chi connectivity index (χ3v) is 3.98. The maximum Gasteiger partial charge on any atom is 0.272 e. The molecule has 0 aliphatic carbocycles. The highest BCUT2D eigenvalue weighted by atomic mass is 19.1. The highest BCUT2D eigenvalue weighted by molar-refractivity contribution is 5.92. The van der Waals surface area contributed by atoms with Crippen molar-refractivity contribution in [3.63, 3.8) is 0 Å².